The summed E-state index contributed by atoms with van der Waals surface area (Å²) in [5.74, 6) is 1.04. The molecule has 0 nitrogen and oxygen atoms in total. The standard InChI is InChI=1S/C46H94/c1-4-7-10-12-14-16-18-20-22-24-25-26-27-29-31-33-35-37-39-42-45-46(43-40-9-6-3)44-41-38-36-34-32-30-28-23-21-19-17-15-13-11-8-5-2/h46H,4-45H2,1-3H3. The number of hydrogen-bond donors (Lipinski definition) is 0. The van der Waals surface area contributed by atoms with E-state index in [4.69, 9.17) is 0 Å². The lowest BCUT2D eigenvalue weighted by atomic mass is 9.89. The fourth-order valence-corrected chi connectivity index (χ4v) is 7.79. The van der Waals surface area contributed by atoms with Gasteiger partial charge in [0, 0.05) is 0 Å². The van der Waals surface area contributed by atoms with Gasteiger partial charge in [-0.2, -0.15) is 0 Å². The molecule has 0 saturated carbocycles. The Morgan fingerprint density at radius 3 is 0.500 bits per heavy atom. The monoisotopic (exact) mass is 647 g/mol. The Balaban J connectivity index is 3.49. The number of hydrogen-bond acceptors (Lipinski definition) is 0. The van der Waals surface area contributed by atoms with Crippen molar-refractivity contribution >= 4 is 0 Å². The second-order valence-corrected chi connectivity index (χ2v) is 16.0. The maximum Gasteiger partial charge on any atom is -0.0414 e. The molecule has 0 amide bonds. The van der Waals surface area contributed by atoms with Crippen LogP contribution in [-0.2, 0) is 0 Å². The Morgan fingerprint density at radius 2 is 0.304 bits per heavy atom. The van der Waals surface area contributed by atoms with Crippen LogP contribution >= 0.6 is 0 Å². The summed E-state index contributed by atoms with van der Waals surface area (Å²) in [7, 11) is 0. The second-order valence-electron chi connectivity index (χ2n) is 16.0. The van der Waals surface area contributed by atoms with Crippen LogP contribution in [0.4, 0.5) is 0 Å². The molecule has 0 aliphatic rings. The summed E-state index contributed by atoms with van der Waals surface area (Å²) in [5, 5.41) is 0. The molecule has 0 rings (SSSR count). The minimum atomic E-state index is 1.04. The third-order valence-corrected chi connectivity index (χ3v) is 11.1. The molecule has 278 valence electrons. The molecule has 0 aliphatic carbocycles. The lowest BCUT2D eigenvalue weighted by Crippen LogP contribution is -2.01. The third kappa shape index (κ3) is 40.2. The van der Waals surface area contributed by atoms with Crippen molar-refractivity contribution in [1.29, 1.82) is 0 Å². The van der Waals surface area contributed by atoms with Crippen LogP contribution in [0.2, 0.25) is 0 Å². The summed E-state index contributed by atoms with van der Waals surface area (Å²) in [4.78, 5) is 0. The molecule has 0 heteroatoms. The van der Waals surface area contributed by atoms with E-state index >= 15 is 0 Å². The van der Waals surface area contributed by atoms with Gasteiger partial charge in [-0.25, -0.2) is 0 Å². The highest BCUT2D eigenvalue weighted by molar-refractivity contribution is 4.62. The molecule has 0 aromatic carbocycles. The average molecular weight is 647 g/mol. The normalized spacial score (nSPS) is 12.3. The van der Waals surface area contributed by atoms with Crippen LogP contribution in [0.15, 0.2) is 0 Å². The Hall–Kier alpha value is 0. The summed E-state index contributed by atoms with van der Waals surface area (Å²) in [5.41, 5.74) is 0. The van der Waals surface area contributed by atoms with E-state index in [1.807, 2.05) is 0 Å². The lowest BCUT2D eigenvalue weighted by molar-refractivity contribution is 0.367. The summed E-state index contributed by atoms with van der Waals surface area (Å²) in [6.45, 7) is 6.99. The molecule has 0 aromatic rings. The molecular formula is C46H94. The molecule has 0 heterocycles. The predicted molar refractivity (Wildman–Crippen MR) is 214 cm³/mol. The van der Waals surface area contributed by atoms with Crippen LogP contribution in [0.3, 0.4) is 0 Å². The minimum absolute atomic E-state index is 1.04. The van der Waals surface area contributed by atoms with Crippen molar-refractivity contribution < 1.29 is 0 Å². The Bertz CT molecular complexity index is 494. The van der Waals surface area contributed by atoms with Crippen molar-refractivity contribution in [1.82, 2.24) is 0 Å². The van der Waals surface area contributed by atoms with Crippen LogP contribution in [0.1, 0.15) is 290 Å². The van der Waals surface area contributed by atoms with Gasteiger partial charge >= 0.3 is 0 Å². The maximum atomic E-state index is 2.36. The van der Waals surface area contributed by atoms with Crippen LogP contribution in [0, 0.1) is 5.92 Å². The first kappa shape index (κ1) is 46.0. The van der Waals surface area contributed by atoms with Crippen molar-refractivity contribution in [2.45, 2.75) is 290 Å². The largest absolute Gasteiger partial charge is 0.0654 e. The quantitative estimate of drug-likeness (QED) is 0.0579. The summed E-state index contributed by atoms with van der Waals surface area (Å²) < 4.78 is 0. The van der Waals surface area contributed by atoms with E-state index in [-0.39, 0.29) is 0 Å². The summed E-state index contributed by atoms with van der Waals surface area (Å²) in [6, 6.07) is 0. The number of rotatable bonds is 42. The van der Waals surface area contributed by atoms with Gasteiger partial charge in [0.1, 0.15) is 0 Å². The van der Waals surface area contributed by atoms with E-state index in [1.54, 1.807) is 0 Å². The van der Waals surface area contributed by atoms with E-state index in [2.05, 4.69) is 20.8 Å². The zero-order chi connectivity index (χ0) is 33.3. The van der Waals surface area contributed by atoms with E-state index < -0.39 is 0 Å². The van der Waals surface area contributed by atoms with Crippen LogP contribution < -0.4 is 0 Å². The molecule has 1 atom stereocenters. The van der Waals surface area contributed by atoms with Gasteiger partial charge in [0.15, 0.2) is 0 Å². The molecule has 0 N–H and O–H groups in total. The van der Waals surface area contributed by atoms with Crippen molar-refractivity contribution in [3.63, 3.8) is 0 Å². The molecule has 0 aromatic heterocycles. The predicted octanol–water partition coefficient (Wildman–Crippen LogP) is 18.0. The average Bonchev–Trinajstić information content (AvgIpc) is 3.07. The minimum Gasteiger partial charge on any atom is -0.0654 e. The van der Waals surface area contributed by atoms with E-state index in [1.165, 1.54) is 270 Å². The van der Waals surface area contributed by atoms with Crippen molar-refractivity contribution in [2.75, 3.05) is 0 Å². The highest BCUT2D eigenvalue weighted by Gasteiger charge is 2.08. The molecule has 0 saturated heterocycles. The van der Waals surface area contributed by atoms with Crippen LogP contribution in [0.25, 0.3) is 0 Å². The van der Waals surface area contributed by atoms with Gasteiger partial charge in [0.05, 0.1) is 0 Å². The van der Waals surface area contributed by atoms with Crippen LogP contribution in [0.5, 0.6) is 0 Å². The van der Waals surface area contributed by atoms with Gasteiger partial charge in [-0.15, -0.1) is 0 Å². The van der Waals surface area contributed by atoms with E-state index in [9.17, 15) is 0 Å². The highest BCUT2D eigenvalue weighted by Crippen LogP contribution is 2.25. The first-order chi connectivity index (χ1) is 22.8. The molecule has 46 heavy (non-hydrogen) atoms. The summed E-state index contributed by atoms with van der Waals surface area (Å²) in [6.07, 6.45) is 62.3. The van der Waals surface area contributed by atoms with Gasteiger partial charge in [-0.05, 0) is 5.92 Å². The maximum absolute atomic E-state index is 2.36. The molecule has 0 fully saturated rings. The van der Waals surface area contributed by atoms with Gasteiger partial charge in [-0.3, -0.25) is 0 Å². The Morgan fingerprint density at radius 1 is 0.174 bits per heavy atom. The van der Waals surface area contributed by atoms with Crippen molar-refractivity contribution in [3.8, 4) is 0 Å². The summed E-state index contributed by atoms with van der Waals surface area (Å²) >= 11 is 0. The molecule has 0 bridgehead atoms. The SMILES string of the molecule is CCCCCCCCCCCCCCCCCCCCCCC(CCCCC)CCCCCCCCCCCCCCCCCC. The second kappa shape index (κ2) is 43.0. The van der Waals surface area contributed by atoms with Gasteiger partial charge in [-0.1, -0.05) is 290 Å². The van der Waals surface area contributed by atoms with Gasteiger partial charge in [0.25, 0.3) is 0 Å². The Kier molecular flexibility index (Phi) is 43.0. The fraction of sp³-hybridized carbons (Fsp3) is 1.00. The molecule has 0 spiro atoms. The van der Waals surface area contributed by atoms with E-state index in [0.29, 0.717) is 0 Å². The van der Waals surface area contributed by atoms with Gasteiger partial charge < -0.3 is 0 Å². The molecule has 0 aliphatic heterocycles. The lowest BCUT2D eigenvalue weighted by Gasteiger charge is -2.17. The van der Waals surface area contributed by atoms with Crippen molar-refractivity contribution in [2.24, 2.45) is 5.92 Å². The Labute approximate surface area is 295 Å². The van der Waals surface area contributed by atoms with E-state index in [0.717, 1.165) is 5.92 Å². The highest BCUT2D eigenvalue weighted by atomic mass is 14.1. The van der Waals surface area contributed by atoms with Gasteiger partial charge in [0.2, 0.25) is 0 Å². The first-order valence-electron chi connectivity index (χ1n) is 22.8. The topological polar surface area (TPSA) is 0 Å². The molecular weight excluding hydrogens is 553 g/mol. The molecule has 0 radical (unpaired) electrons. The number of unbranched alkanes of at least 4 members (excludes halogenated alkanes) is 36. The third-order valence-electron chi connectivity index (χ3n) is 11.1. The smallest absolute Gasteiger partial charge is 0.0414 e. The zero-order valence-corrected chi connectivity index (χ0v) is 33.3. The fourth-order valence-electron chi connectivity index (χ4n) is 7.79. The van der Waals surface area contributed by atoms with Crippen LogP contribution in [-0.4, -0.2) is 0 Å². The molecule has 1 unspecified atom stereocenters. The van der Waals surface area contributed by atoms with Crippen molar-refractivity contribution in [3.05, 3.63) is 0 Å². The zero-order valence-electron chi connectivity index (χ0n) is 33.3. The first-order valence-corrected chi connectivity index (χ1v) is 22.8.